The number of halogens is 1. The summed E-state index contributed by atoms with van der Waals surface area (Å²) in [4.78, 5) is 25.3. The van der Waals surface area contributed by atoms with E-state index in [4.69, 9.17) is 0 Å². The Morgan fingerprint density at radius 1 is 1.15 bits per heavy atom. The molecule has 26 heavy (non-hydrogen) atoms. The first kappa shape index (κ1) is 18.8. The minimum absolute atomic E-state index is 0.0286. The number of hydrogen-bond donors (Lipinski definition) is 1. The molecule has 2 fully saturated rings. The third-order valence-corrected chi connectivity index (χ3v) is 6.66. The van der Waals surface area contributed by atoms with Gasteiger partial charge in [0.2, 0.25) is 21.8 Å². The zero-order valence-corrected chi connectivity index (χ0v) is 15.3. The molecule has 0 aromatic heterocycles. The zero-order chi connectivity index (χ0) is 18.9. The number of nitrogens with one attached hydrogen (secondary N) is 1. The molecular formula is C17H22FN3O4S. The van der Waals surface area contributed by atoms with Crippen molar-refractivity contribution in [2.45, 2.75) is 30.7 Å². The molecule has 1 aromatic rings. The van der Waals surface area contributed by atoms with E-state index in [1.54, 1.807) is 4.90 Å². The van der Waals surface area contributed by atoms with Crippen LogP contribution in [-0.4, -0.2) is 61.7 Å². The molecule has 9 heteroatoms. The van der Waals surface area contributed by atoms with Gasteiger partial charge in [-0.15, -0.1) is 0 Å². The van der Waals surface area contributed by atoms with E-state index in [-0.39, 0.29) is 29.3 Å². The number of piperidine rings is 1. The number of carbonyl (C=O) groups is 2. The normalized spacial score (nSPS) is 21.9. The average Bonchev–Trinajstić information content (AvgIpc) is 2.57. The summed E-state index contributed by atoms with van der Waals surface area (Å²) in [5.41, 5.74) is 0. The van der Waals surface area contributed by atoms with Gasteiger partial charge in [-0.25, -0.2) is 12.8 Å². The predicted molar refractivity (Wildman–Crippen MR) is 92.1 cm³/mol. The molecule has 1 atom stereocenters. The fraction of sp³-hybridized carbons (Fsp3) is 0.529. The zero-order valence-electron chi connectivity index (χ0n) is 14.5. The van der Waals surface area contributed by atoms with Crippen LogP contribution in [0, 0.1) is 11.7 Å². The number of hydrogen-bond acceptors (Lipinski definition) is 4. The number of carbonyl (C=O) groups excluding carboxylic acids is 2. The molecule has 2 aliphatic rings. The van der Waals surface area contributed by atoms with Crippen LogP contribution in [0.1, 0.15) is 19.8 Å². The van der Waals surface area contributed by atoms with Gasteiger partial charge in [-0.1, -0.05) is 0 Å². The van der Waals surface area contributed by atoms with Gasteiger partial charge >= 0.3 is 0 Å². The molecule has 0 aliphatic carbocycles. The van der Waals surface area contributed by atoms with E-state index >= 15 is 0 Å². The Labute approximate surface area is 152 Å². The summed E-state index contributed by atoms with van der Waals surface area (Å²) in [7, 11) is -3.75. The molecule has 2 aliphatic heterocycles. The number of likely N-dealkylation sites (tertiary alicyclic amines) is 1. The minimum Gasteiger partial charge on any atom is -0.350 e. The Morgan fingerprint density at radius 2 is 1.81 bits per heavy atom. The number of sulfonamides is 1. The summed E-state index contributed by atoms with van der Waals surface area (Å²) < 4.78 is 39.8. The van der Waals surface area contributed by atoms with Crippen molar-refractivity contribution in [3.8, 4) is 0 Å². The molecule has 1 N–H and O–H groups in total. The van der Waals surface area contributed by atoms with Crippen LogP contribution in [0.4, 0.5) is 4.39 Å². The lowest BCUT2D eigenvalue weighted by molar-refractivity contribution is -0.143. The van der Waals surface area contributed by atoms with Crippen LogP contribution in [0.3, 0.4) is 0 Å². The van der Waals surface area contributed by atoms with Crippen LogP contribution in [0.2, 0.25) is 0 Å². The molecular weight excluding hydrogens is 361 g/mol. The van der Waals surface area contributed by atoms with E-state index in [1.807, 2.05) is 0 Å². The van der Waals surface area contributed by atoms with Crippen LogP contribution in [-0.2, 0) is 19.6 Å². The quantitative estimate of drug-likeness (QED) is 0.824. The molecule has 0 bridgehead atoms. The summed E-state index contributed by atoms with van der Waals surface area (Å²) in [6.45, 7) is 2.82. The maximum atomic E-state index is 13.0. The summed E-state index contributed by atoms with van der Waals surface area (Å²) in [5, 5.41) is 2.76. The van der Waals surface area contributed by atoms with Crippen molar-refractivity contribution < 1.29 is 22.4 Å². The molecule has 3 rings (SSSR count). The lowest BCUT2D eigenvalue weighted by Crippen LogP contribution is -2.62. The third kappa shape index (κ3) is 3.88. The van der Waals surface area contributed by atoms with Crippen molar-refractivity contribution in [2.24, 2.45) is 5.92 Å². The smallest absolute Gasteiger partial charge is 0.243 e. The largest absolute Gasteiger partial charge is 0.350 e. The first-order valence-electron chi connectivity index (χ1n) is 8.59. The highest BCUT2D eigenvalue weighted by Crippen LogP contribution is 2.26. The van der Waals surface area contributed by atoms with Crippen molar-refractivity contribution in [1.29, 1.82) is 0 Å². The van der Waals surface area contributed by atoms with Gasteiger partial charge in [0.05, 0.1) is 16.9 Å². The van der Waals surface area contributed by atoms with Gasteiger partial charge in [-0.3, -0.25) is 9.59 Å². The monoisotopic (exact) mass is 383 g/mol. The Kier molecular flexibility index (Phi) is 5.29. The Hall–Kier alpha value is -2.00. The summed E-state index contributed by atoms with van der Waals surface area (Å²) in [6, 6.07) is 4.68. The fourth-order valence-electron chi connectivity index (χ4n) is 3.41. The molecule has 2 saturated heterocycles. The Balaban J connectivity index is 1.63. The maximum Gasteiger partial charge on any atom is 0.243 e. The molecule has 0 spiro atoms. The van der Waals surface area contributed by atoms with E-state index in [9.17, 15) is 22.4 Å². The fourth-order valence-corrected chi connectivity index (χ4v) is 4.94. The van der Waals surface area contributed by atoms with Crippen molar-refractivity contribution in [3.63, 3.8) is 0 Å². The molecule has 7 nitrogen and oxygen atoms in total. The summed E-state index contributed by atoms with van der Waals surface area (Å²) in [5.74, 6) is -1.10. The summed E-state index contributed by atoms with van der Waals surface area (Å²) >= 11 is 0. The van der Waals surface area contributed by atoms with Gasteiger partial charge in [0, 0.05) is 33.1 Å². The van der Waals surface area contributed by atoms with Crippen LogP contribution >= 0.6 is 0 Å². The maximum absolute atomic E-state index is 13.0. The van der Waals surface area contributed by atoms with E-state index in [0.717, 1.165) is 12.1 Å². The lowest BCUT2D eigenvalue weighted by atomic mass is 9.95. The van der Waals surface area contributed by atoms with Crippen molar-refractivity contribution in [2.75, 3.05) is 26.2 Å². The summed E-state index contributed by atoms with van der Waals surface area (Å²) in [6.07, 6.45) is 1.23. The van der Waals surface area contributed by atoms with Crippen molar-refractivity contribution in [1.82, 2.24) is 14.5 Å². The van der Waals surface area contributed by atoms with Crippen LogP contribution < -0.4 is 5.32 Å². The Bertz CT molecular complexity index is 791. The van der Waals surface area contributed by atoms with Crippen LogP contribution in [0.15, 0.2) is 29.2 Å². The average molecular weight is 383 g/mol. The van der Waals surface area contributed by atoms with Crippen LogP contribution in [0.25, 0.3) is 0 Å². The minimum atomic E-state index is -3.75. The van der Waals surface area contributed by atoms with Gasteiger partial charge < -0.3 is 10.2 Å². The molecule has 2 heterocycles. The van der Waals surface area contributed by atoms with Gasteiger partial charge in [-0.05, 0) is 37.1 Å². The molecule has 2 amide bonds. The SMILES string of the molecule is CC(=O)NC1CN(C(=O)C2CCCN(S(=O)(=O)c3ccc(F)cc3)C2)C1. The van der Waals surface area contributed by atoms with Crippen molar-refractivity contribution >= 4 is 21.8 Å². The first-order chi connectivity index (χ1) is 12.3. The number of rotatable bonds is 4. The van der Waals surface area contributed by atoms with Gasteiger partial charge in [0.25, 0.3) is 0 Å². The molecule has 0 radical (unpaired) electrons. The molecule has 1 aromatic carbocycles. The highest BCUT2D eigenvalue weighted by molar-refractivity contribution is 7.89. The third-order valence-electron chi connectivity index (χ3n) is 4.79. The Morgan fingerprint density at radius 3 is 2.42 bits per heavy atom. The number of nitrogens with zero attached hydrogens (tertiary/aromatic N) is 2. The second kappa shape index (κ2) is 7.32. The molecule has 0 saturated carbocycles. The highest BCUT2D eigenvalue weighted by atomic mass is 32.2. The van der Waals surface area contributed by atoms with E-state index in [0.29, 0.717) is 32.5 Å². The van der Waals surface area contributed by atoms with Crippen molar-refractivity contribution in [3.05, 3.63) is 30.1 Å². The second-order valence-electron chi connectivity index (χ2n) is 6.80. The highest BCUT2D eigenvalue weighted by Gasteiger charge is 2.39. The standard InChI is InChI=1S/C17H22FN3O4S/c1-12(22)19-15-10-20(11-15)17(23)13-3-2-8-21(9-13)26(24,25)16-6-4-14(18)5-7-16/h4-7,13,15H,2-3,8-11H2,1H3,(H,19,22). The second-order valence-corrected chi connectivity index (χ2v) is 8.73. The van der Waals surface area contributed by atoms with E-state index in [1.165, 1.54) is 23.4 Å². The van der Waals surface area contributed by atoms with E-state index in [2.05, 4.69) is 5.32 Å². The predicted octanol–water partition coefficient (Wildman–Crippen LogP) is 0.573. The van der Waals surface area contributed by atoms with Gasteiger partial charge in [0.1, 0.15) is 5.82 Å². The number of amides is 2. The van der Waals surface area contributed by atoms with E-state index < -0.39 is 21.8 Å². The topological polar surface area (TPSA) is 86.8 Å². The van der Waals surface area contributed by atoms with Crippen LogP contribution in [0.5, 0.6) is 0 Å². The van der Waals surface area contributed by atoms with Gasteiger partial charge in [-0.2, -0.15) is 4.31 Å². The number of benzene rings is 1. The molecule has 1 unspecified atom stereocenters. The lowest BCUT2D eigenvalue weighted by Gasteiger charge is -2.42. The molecule has 142 valence electrons. The van der Waals surface area contributed by atoms with Gasteiger partial charge in [0.15, 0.2) is 0 Å². The first-order valence-corrected chi connectivity index (χ1v) is 10.0.